The Morgan fingerprint density at radius 2 is 1.77 bits per heavy atom. The summed E-state index contributed by atoms with van der Waals surface area (Å²) in [5.74, 6) is 0.0409. The van der Waals surface area contributed by atoms with Crippen molar-refractivity contribution in [2.45, 2.75) is 6.18 Å². The third-order valence-electron chi connectivity index (χ3n) is 4.32. The zero-order valence-electron chi connectivity index (χ0n) is 15.2. The summed E-state index contributed by atoms with van der Waals surface area (Å²) in [4.78, 5) is 25.8. The highest BCUT2D eigenvalue weighted by Crippen LogP contribution is 2.41. The van der Waals surface area contributed by atoms with Gasteiger partial charge in [0, 0.05) is 16.7 Å². The van der Waals surface area contributed by atoms with Crippen molar-refractivity contribution in [3.8, 4) is 11.3 Å². The number of carbonyl (C=O) groups excluding carboxylic acids is 2. The number of carbonyl (C=O) groups is 2. The van der Waals surface area contributed by atoms with Crippen molar-refractivity contribution in [1.82, 2.24) is 0 Å². The second-order valence-electron chi connectivity index (χ2n) is 6.39. The largest absolute Gasteiger partial charge is 0.457 e. The fourth-order valence-electron chi connectivity index (χ4n) is 2.92. The molecule has 1 aliphatic rings. The van der Waals surface area contributed by atoms with Gasteiger partial charge in [0.05, 0.1) is 21.2 Å². The van der Waals surface area contributed by atoms with Crippen LogP contribution in [-0.4, -0.2) is 11.1 Å². The Bertz CT molecular complexity index is 1240. The summed E-state index contributed by atoms with van der Waals surface area (Å²) in [6.07, 6.45) is -3.37. The predicted octanol–water partition coefficient (Wildman–Crippen LogP) is 7.51. The van der Waals surface area contributed by atoms with Crippen molar-refractivity contribution in [3.63, 3.8) is 0 Å². The number of hydrogen-bond acceptors (Lipinski definition) is 4. The van der Waals surface area contributed by atoms with Crippen LogP contribution in [0.3, 0.4) is 0 Å². The number of amides is 2. The SMILES string of the molecule is O=C1S/C(=C/c2ccc(-c3cccc(Cl)c3)o2)C(=O)N1c1ccc(Cl)c(C(F)(F)F)c1. The van der Waals surface area contributed by atoms with Crippen molar-refractivity contribution < 1.29 is 27.2 Å². The van der Waals surface area contributed by atoms with Crippen LogP contribution in [0, 0.1) is 0 Å². The summed E-state index contributed by atoms with van der Waals surface area (Å²) in [7, 11) is 0. The molecule has 0 spiro atoms. The first kappa shape index (κ1) is 21.5. The summed E-state index contributed by atoms with van der Waals surface area (Å²) < 4.78 is 45.1. The summed E-state index contributed by atoms with van der Waals surface area (Å²) in [6, 6.07) is 13.1. The Kier molecular flexibility index (Phi) is 5.63. The number of anilines is 1. The highest BCUT2D eigenvalue weighted by atomic mass is 35.5. The molecule has 3 aromatic rings. The molecule has 0 unspecified atom stereocenters. The van der Waals surface area contributed by atoms with Crippen LogP contribution in [0.25, 0.3) is 17.4 Å². The quantitative estimate of drug-likeness (QED) is 0.361. The summed E-state index contributed by atoms with van der Waals surface area (Å²) in [5.41, 5.74) is -0.630. The van der Waals surface area contributed by atoms with E-state index in [1.165, 1.54) is 12.1 Å². The van der Waals surface area contributed by atoms with Crippen molar-refractivity contribution >= 4 is 57.9 Å². The number of halogens is 5. The van der Waals surface area contributed by atoms with Crippen LogP contribution < -0.4 is 4.90 Å². The van der Waals surface area contributed by atoms with E-state index in [0.29, 0.717) is 39.3 Å². The van der Waals surface area contributed by atoms with Gasteiger partial charge in [0.15, 0.2) is 0 Å². The molecular weight excluding hydrogens is 474 g/mol. The van der Waals surface area contributed by atoms with Gasteiger partial charge in [-0.05, 0) is 54.2 Å². The van der Waals surface area contributed by atoms with Crippen LogP contribution in [0.4, 0.5) is 23.7 Å². The molecule has 1 fully saturated rings. The Labute approximate surface area is 188 Å². The average Bonchev–Trinajstić information content (AvgIpc) is 3.26. The van der Waals surface area contributed by atoms with Crippen LogP contribution in [0.5, 0.6) is 0 Å². The monoisotopic (exact) mass is 483 g/mol. The zero-order valence-corrected chi connectivity index (χ0v) is 17.6. The Morgan fingerprint density at radius 1 is 1.00 bits per heavy atom. The molecule has 31 heavy (non-hydrogen) atoms. The Balaban J connectivity index is 1.63. The predicted molar refractivity (Wildman–Crippen MR) is 114 cm³/mol. The van der Waals surface area contributed by atoms with Crippen LogP contribution >= 0.6 is 35.0 Å². The van der Waals surface area contributed by atoms with Crippen LogP contribution in [0.15, 0.2) is 63.9 Å². The maximum Gasteiger partial charge on any atom is 0.417 e. The van der Waals surface area contributed by atoms with E-state index in [-0.39, 0.29) is 10.6 Å². The second-order valence-corrected chi connectivity index (χ2v) is 8.23. The minimum Gasteiger partial charge on any atom is -0.457 e. The number of imide groups is 1. The highest BCUT2D eigenvalue weighted by Gasteiger charge is 2.39. The van der Waals surface area contributed by atoms with Gasteiger partial charge < -0.3 is 4.42 Å². The molecule has 0 N–H and O–H groups in total. The maximum absolute atomic E-state index is 13.1. The normalized spacial score (nSPS) is 15.9. The lowest BCUT2D eigenvalue weighted by atomic mass is 10.1. The number of rotatable bonds is 3. The molecule has 2 aromatic carbocycles. The summed E-state index contributed by atoms with van der Waals surface area (Å²) in [6.45, 7) is 0. The van der Waals surface area contributed by atoms with Gasteiger partial charge in [-0.15, -0.1) is 0 Å². The number of alkyl halides is 3. The second kappa shape index (κ2) is 8.11. The van der Waals surface area contributed by atoms with Gasteiger partial charge in [-0.3, -0.25) is 9.59 Å². The number of benzene rings is 2. The zero-order chi connectivity index (χ0) is 22.3. The molecule has 158 valence electrons. The fraction of sp³-hybridized carbons (Fsp3) is 0.0476. The maximum atomic E-state index is 13.1. The fourth-order valence-corrected chi connectivity index (χ4v) is 4.15. The molecule has 4 nitrogen and oxygen atoms in total. The van der Waals surface area contributed by atoms with E-state index in [1.54, 1.807) is 36.4 Å². The number of nitrogens with zero attached hydrogens (tertiary/aromatic N) is 1. The van der Waals surface area contributed by atoms with Gasteiger partial charge in [0.2, 0.25) is 0 Å². The highest BCUT2D eigenvalue weighted by molar-refractivity contribution is 8.19. The number of furan rings is 1. The van der Waals surface area contributed by atoms with E-state index in [0.717, 1.165) is 11.6 Å². The van der Waals surface area contributed by atoms with Crippen molar-refractivity contribution in [3.05, 3.63) is 80.9 Å². The van der Waals surface area contributed by atoms with Crippen molar-refractivity contribution in [1.29, 1.82) is 0 Å². The molecule has 0 radical (unpaired) electrons. The molecule has 1 saturated heterocycles. The minimum absolute atomic E-state index is 0.0144. The summed E-state index contributed by atoms with van der Waals surface area (Å²) in [5, 5.41) is -0.728. The lowest BCUT2D eigenvalue weighted by Crippen LogP contribution is -2.28. The van der Waals surface area contributed by atoms with Gasteiger partial charge in [0.1, 0.15) is 11.5 Å². The molecule has 1 aromatic heterocycles. The van der Waals surface area contributed by atoms with E-state index in [4.69, 9.17) is 27.6 Å². The van der Waals surface area contributed by atoms with Crippen molar-refractivity contribution in [2.24, 2.45) is 0 Å². The molecule has 0 saturated carbocycles. The lowest BCUT2D eigenvalue weighted by molar-refractivity contribution is -0.137. The lowest BCUT2D eigenvalue weighted by Gasteiger charge is -2.16. The van der Waals surface area contributed by atoms with Crippen LogP contribution in [0.2, 0.25) is 10.0 Å². The van der Waals surface area contributed by atoms with Crippen LogP contribution in [0.1, 0.15) is 11.3 Å². The first-order chi connectivity index (χ1) is 14.6. The summed E-state index contributed by atoms with van der Waals surface area (Å²) >= 11 is 12.2. The van der Waals surface area contributed by atoms with E-state index < -0.39 is 27.9 Å². The van der Waals surface area contributed by atoms with Crippen LogP contribution in [-0.2, 0) is 11.0 Å². The minimum atomic E-state index is -4.73. The van der Waals surface area contributed by atoms with E-state index >= 15 is 0 Å². The third kappa shape index (κ3) is 4.37. The van der Waals surface area contributed by atoms with E-state index in [1.807, 2.05) is 0 Å². The molecule has 4 rings (SSSR count). The molecule has 2 amide bonds. The van der Waals surface area contributed by atoms with E-state index in [2.05, 4.69) is 0 Å². The first-order valence-electron chi connectivity index (χ1n) is 8.64. The molecule has 2 heterocycles. The standard InChI is InChI=1S/C21H10Cl2F3NO3S/c22-12-3-1-2-11(8-12)17-7-5-14(30-17)10-18-19(28)27(20(29)31-18)13-4-6-16(23)15(9-13)21(24,25)26/h1-10H/b18-10+. The molecule has 1 aliphatic heterocycles. The van der Waals surface area contributed by atoms with Gasteiger partial charge in [0.25, 0.3) is 11.1 Å². The van der Waals surface area contributed by atoms with Crippen molar-refractivity contribution in [2.75, 3.05) is 4.90 Å². The Morgan fingerprint density at radius 3 is 2.48 bits per heavy atom. The first-order valence-corrected chi connectivity index (χ1v) is 10.2. The molecule has 10 heteroatoms. The van der Waals surface area contributed by atoms with Gasteiger partial charge in [-0.1, -0.05) is 35.3 Å². The van der Waals surface area contributed by atoms with Gasteiger partial charge in [-0.25, -0.2) is 4.90 Å². The number of thioether (sulfide) groups is 1. The third-order valence-corrected chi connectivity index (χ3v) is 5.75. The molecule has 0 bridgehead atoms. The van der Waals surface area contributed by atoms with Gasteiger partial charge >= 0.3 is 6.18 Å². The molecular formula is C21H10Cl2F3NO3S. The Hall–Kier alpha value is -2.68. The van der Waals surface area contributed by atoms with Gasteiger partial charge in [-0.2, -0.15) is 13.2 Å². The molecule has 0 atom stereocenters. The van der Waals surface area contributed by atoms with E-state index in [9.17, 15) is 22.8 Å². The smallest absolute Gasteiger partial charge is 0.417 e. The molecule has 0 aliphatic carbocycles. The average molecular weight is 484 g/mol. The topological polar surface area (TPSA) is 50.5 Å². The number of hydrogen-bond donors (Lipinski definition) is 0.